The number of carbonyl (C=O) groups excluding carboxylic acids is 1. The molecule has 0 radical (unpaired) electrons. The normalized spacial score (nSPS) is 10.8. The molecule has 0 fully saturated rings. The molecule has 0 atom stereocenters. The van der Waals surface area contributed by atoms with Crippen molar-refractivity contribution in [3.63, 3.8) is 0 Å². The number of fused-ring (bicyclic) bond motifs is 2. The van der Waals surface area contributed by atoms with E-state index in [-0.39, 0.29) is 5.97 Å². The molecular formula is C16H11BrO2. The summed E-state index contributed by atoms with van der Waals surface area (Å²) < 4.78 is 6.38. The van der Waals surface area contributed by atoms with E-state index in [1.54, 1.807) is 0 Å². The predicted molar refractivity (Wildman–Crippen MR) is 80.5 cm³/mol. The first kappa shape index (κ1) is 12.2. The van der Waals surface area contributed by atoms with Crippen LogP contribution in [0.3, 0.4) is 0 Å². The van der Waals surface area contributed by atoms with Gasteiger partial charge in [-0.15, -0.1) is 0 Å². The van der Waals surface area contributed by atoms with Crippen LogP contribution in [0.1, 0.15) is 6.92 Å². The average Bonchev–Trinajstić information content (AvgIpc) is 2.38. The lowest BCUT2D eigenvalue weighted by molar-refractivity contribution is -0.131. The molecule has 2 nitrogen and oxygen atoms in total. The lowest BCUT2D eigenvalue weighted by Crippen LogP contribution is -2.02. The lowest BCUT2D eigenvalue weighted by Gasteiger charge is -2.11. The second-order valence-corrected chi connectivity index (χ2v) is 5.21. The van der Waals surface area contributed by atoms with Crippen LogP contribution in [0.25, 0.3) is 21.5 Å². The maximum absolute atomic E-state index is 11.4. The molecule has 0 heterocycles. The fourth-order valence-corrected chi connectivity index (χ4v) is 2.84. The van der Waals surface area contributed by atoms with Crippen LogP contribution in [-0.4, -0.2) is 5.97 Å². The smallest absolute Gasteiger partial charge is 0.308 e. The number of esters is 1. The molecule has 3 aromatic carbocycles. The van der Waals surface area contributed by atoms with Crippen molar-refractivity contribution in [3.05, 3.63) is 53.0 Å². The van der Waals surface area contributed by atoms with E-state index in [2.05, 4.69) is 22.0 Å². The van der Waals surface area contributed by atoms with Crippen molar-refractivity contribution in [2.75, 3.05) is 0 Å². The molecule has 0 aliphatic rings. The Kier molecular flexibility index (Phi) is 2.99. The summed E-state index contributed by atoms with van der Waals surface area (Å²) in [5.41, 5.74) is 0. The Labute approximate surface area is 119 Å². The number of ether oxygens (including phenoxy) is 1. The first-order chi connectivity index (χ1) is 9.16. The molecule has 0 spiro atoms. The van der Waals surface area contributed by atoms with Crippen LogP contribution < -0.4 is 4.74 Å². The summed E-state index contributed by atoms with van der Waals surface area (Å²) in [6, 6.07) is 15.9. The van der Waals surface area contributed by atoms with Crippen molar-refractivity contribution in [2.24, 2.45) is 0 Å². The minimum absolute atomic E-state index is 0.312. The molecule has 0 aliphatic heterocycles. The summed E-state index contributed by atoms with van der Waals surface area (Å²) in [6.45, 7) is 1.42. The Morgan fingerprint density at radius 2 is 1.79 bits per heavy atom. The standard InChI is InChI=1S/C16H11BrO2/c1-10(18)19-16-13-7-3-2-5-11(13)9-12-6-4-8-14(17)15(12)16/h2-9H,1H3. The van der Waals surface area contributed by atoms with E-state index < -0.39 is 0 Å². The second-order valence-electron chi connectivity index (χ2n) is 4.36. The zero-order valence-corrected chi connectivity index (χ0v) is 11.9. The van der Waals surface area contributed by atoms with Gasteiger partial charge >= 0.3 is 5.97 Å². The van der Waals surface area contributed by atoms with E-state index in [1.165, 1.54) is 6.92 Å². The molecule has 3 aromatic rings. The first-order valence-electron chi connectivity index (χ1n) is 5.95. The largest absolute Gasteiger partial charge is 0.425 e. The zero-order chi connectivity index (χ0) is 13.4. The minimum atomic E-state index is -0.312. The minimum Gasteiger partial charge on any atom is -0.425 e. The van der Waals surface area contributed by atoms with E-state index >= 15 is 0 Å². The molecule has 0 unspecified atom stereocenters. The van der Waals surface area contributed by atoms with Gasteiger partial charge in [0.05, 0.1) is 0 Å². The monoisotopic (exact) mass is 314 g/mol. The van der Waals surface area contributed by atoms with Crippen molar-refractivity contribution >= 4 is 43.4 Å². The van der Waals surface area contributed by atoms with Crippen molar-refractivity contribution in [2.45, 2.75) is 6.92 Å². The van der Waals surface area contributed by atoms with Crippen LogP contribution in [0.4, 0.5) is 0 Å². The fourth-order valence-electron chi connectivity index (χ4n) is 2.28. The highest BCUT2D eigenvalue weighted by molar-refractivity contribution is 9.10. The van der Waals surface area contributed by atoms with E-state index in [4.69, 9.17) is 4.74 Å². The van der Waals surface area contributed by atoms with E-state index in [9.17, 15) is 4.79 Å². The van der Waals surface area contributed by atoms with Gasteiger partial charge in [0.1, 0.15) is 5.75 Å². The molecule has 0 bridgehead atoms. The Morgan fingerprint density at radius 1 is 1.05 bits per heavy atom. The second kappa shape index (κ2) is 4.67. The lowest BCUT2D eigenvalue weighted by atomic mass is 10.0. The van der Waals surface area contributed by atoms with Crippen LogP contribution in [0, 0.1) is 0 Å². The summed E-state index contributed by atoms with van der Waals surface area (Å²) in [5, 5.41) is 3.97. The van der Waals surface area contributed by atoms with Gasteiger partial charge in [-0.2, -0.15) is 0 Å². The summed E-state index contributed by atoms with van der Waals surface area (Å²) >= 11 is 3.53. The van der Waals surface area contributed by atoms with Gasteiger partial charge in [0.2, 0.25) is 0 Å². The van der Waals surface area contributed by atoms with Gasteiger partial charge in [-0.25, -0.2) is 0 Å². The van der Waals surface area contributed by atoms with Gasteiger partial charge in [0.25, 0.3) is 0 Å². The topological polar surface area (TPSA) is 26.3 Å². The number of carbonyl (C=O) groups is 1. The third-order valence-corrected chi connectivity index (χ3v) is 3.70. The molecule has 0 N–H and O–H groups in total. The Balaban J connectivity index is 2.50. The average molecular weight is 315 g/mol. The molecular weight excluding hydrogens is 304 g/mol. The van der Waals surface area contributed by atoms with Gasteiger partial charge in [-0.1, -0.05) is 52.3 Å². The Hall–Kier alpha value is -1.87. The Bertz CT molecular complexity index is 793. The number of hydrogen-bond donors (Lipinski definition) is 0. The van der Waals surface area contributed by atoms with Crippen molar-refractivity contribution in [3.8, 4) is 5.75 Å². The van der Waals surface area contributed by atoms with Crippen molar-refractivity contribution in [1.29, 1.82) is 0 Å². The summed E-state index contributed by atoms with van der Waals surface area (Å²) in [6.07, 6.45) is 0. The molecule has 0 saturated carbocycles. The number of halogens is 1. The van der Waals surface area contributed by atoms with Crippen LogP contribution in [0.15, 0.2) is 53.0 Å². The van der Waals surface area contributed by atoms with Gasteiger partial charge < -0.3 is 4.74 Å². The van der Waals surface area contributed by atoms with Crippen LogP contribution in [0.2, 0.25) is 0 Å². The summed E-state index contributed by atoms with van der Waals surface area (Å²) in [5.74, 6) is 0.307. The van der Waals surface area contributed by atoms with E-state index in [0.717, 1.165) is 26.0 Å². The fraction of sp³-hybridized carbons (Fsp3) is 0.0625. The van der Waals surface area contributed by atoms with Gasteiger partial charge in [0, 0.05) is 22.2 Å². The maximum atomic E-state index is 11.4. The molecule has 0 saturated heterocycles. The highest BCUT2D eigenvalue weighted by Crippen LogP contribution is 2.38. The van der Waals surface area contributed by atoms with Crippen LogP contribution in [0.5, 0.6) is 5.75 Å². The molecule has 3 heteroatoms. The maximum Gasteiger partial charge on any atom is 0.308 e. The van der Waals surface area contributed by atoms with Crippen molar-refractivity contribution in [1.82, 2.24) is 0 Å². The predicted octanol–water partition coefficient (Wildman–Crippen LogP) is 4.68. The number of rotatable bonds is 1. The van der Waals surface area contributed by atoms with E-state index in [1.807, 2.05) is 42.5 Å². The third kappa shape index (κ3) is 2.10. The van der Waals surface area contributed by atoms with Crippen molar-refractivity contribution < 1.29 is 9.53 Å². The molecule has 19 heavy (non-hydrogen) atoms. The highest BCUT2D eigenvalue weighted by Gasteiger charge is 2.12. The molecule has 3 rings (SSSR count). The van der Waals surface area contributed by atoms with Gasteiger partial charge in [-0.3, -0.25) is 4.79 Å². The first-order valence-corrected chi connectivity index (χ1v) is 6.74. The third-order valence-electron chi connectivity index (χ3n) is 3.04. The zero-order valence-electron chi connectivity index (χ0n) is 10.3. The summed E-state index contributed by atoms with van der Waals surface area (Å²) in [4.78, 5) is 11.4. The number of benzene rings is 3. The molecule has 0 amide bonds. The highest BCUT2D eigenvalue weighted by atomic mass is 79.9. The summed E-state index contributed by atoms with van der Waals surface area (Å²) in [7, 11) is 0. The molecule has 94 valence electrons. The van der Waals surface area contributed by atoms with Crippen LogP contribution >= 0.6 is 15.9 Å². The number of hydrogen-bond acceptors (Lipinski definition) is 2. The van der Waals surface area contributed by atoms with Crippen LogP contribution in [-0.2, 0) is 4.79 Å². The molecule has 0 aromatic heterocycles. The Morgan fingerprint density at radius 3 is 2.58 bits per heavy atom. The molecule has 0 aliphatic carbocycles. The van der Waals surface area contributed by atoms with Gasteiger partial charge in [-0.05, 0) is 22.9 Å². The van der Waals surface area contributed by atoms with E-state index in [0.29, 0.717) is 5.75 Å². The van der Waals surface area contributed by atoms with Gasteiger partial charge in [0.15, 0.2) is 0 Å². The quantitative estimate of drug-likeness (QED) is 0.370. The SMILES string of the molecule is CC(=O)Oc1c2ccccc2cc2cccc(Br)c12.